The predicted molar refractivity (Wildman–Crippen MR) is 46.9 cm³/mol. The van der Waals surface area contributed by atoms with Gasteiger partial charge in [0.25, 0.3) is 0 Å². The van der Waals surface area contributed by atoms with Crippen LogP contribution in [0.3, 0.4) is 0 Å². The number of allylic oxidation sites excluding steroid dienone is 1. The number of carbonyl (C=O) groups is 1. The fourth-order valence-corrected chi connectivity index (χ4v) is 0.731. The average molecular weight is 172 g/mol. The lowest BCUT2D eigenvalue weighted by molar-refractivity contribution is -0.141. The SMILES string of the molecule is CCCCC=C(O)C(=O)OCC. The Morgan fingerprint density at radius 3 is 2.67 bits per heavy atom. The molecule has 0 bridgehead atoms. The van der Waals surface area contributed by atoms with Crippen LogP contribution < -0.4 is 0 Å². The first-order valence-corrected chi connectivity index (χ1v) is 4.28. The van der Waals surface area contributed by atoms with Crippen LogP contribution in [-0.4, -0.2) is 17.7 Å². The second kappa shape index (κ2) is 6.70. The Balaban J connectivity index is 3.74. The highest BCUT2D eigenvalue weighted by Gasteiger charge is 2.05. The van der Waals surface area contributed by atoms with Crippen LogP contribution in [0.1, 0.15) is 33.1 Å². The minimum absolute atomic E-state index is 0.273. The molecule has 0 rings (SSSR count). The van der Waals surface area contributed by atoms with Gasteiger partial charge in [-0.1, -0.05) is 13.3 Å². The maximum atomic E-state index is 10.8. The van der Waals surface area contributed by atoms with E-state index in [1.165, 1.54) is 6.08 Å². The van der Waals surface area contributed by atoms with Gasteiger partial charge in [0.1, 0.15) is 0 Å². The minimum atomic E-state index is -0.631. The normalized spacial score (nSPS) is 11.3. The highest BCUT2D eigenvalue weighted by atomic mass is 16.5. The van der Waals surface area contributed by atoms with Crippen LogP contribution in [0, 0.1) is 0 Å². The highest BCUT2D eigenvalue weighted by Crippen LogP contribution is 2.00. The van der Waals surface area contributed by atoms with Crippen molar-refractivity contribution in [2.75, 3.05) is 6.61 Å². The van der Waals surface area contributed by atoms with Crippen molar-refractivity contribution in [3.63, 3.8) is 0 Å². The van der Waals surface area contributed by atoms with Gasteiger partial charge in [0.15, 0.2) is 5.76 Å². The van der Waals surface area contributed by atoms with E-state index >= 15 is 0 Å². The third-order valence-corrected chi connectivity index (χ3v) is 1.38. The number of hydrogen-bond donors (Lipinski definition) is 1. The van der Waals surface area contributed by atoms with E-state index < -0.39 is 5.97 Å². The van der Waals surface area contributed by atoms with Crippen molar-refractivity contribution in [1.29, 1.82) is 0 Å². The van der Waals surface area contributed by atoms with E-state index in [0.29, 0.717) is 6.61 Å². The molecule has 3 heteroatoms. The maximum absolute atomic E-state index is 10.8. The molecule has 0 saturated carbocycles. The quantitative estimate of drug-likeness (QED) is 0.299. The van der Waals surface area contributed by atoms with Crippen LogP contribution in [-0.2, 0) is 9.53 Å². The molecule has 3 nitrogen and oxygen atoms in total. The highest BCUT2D eigenvalue weighted by molar-refractivity contribution is 5.85. The van der Waals surface area contributed by atoms with Crippen LogP contribution >= 0.6 is 0 Å². The van der Waals surface area contributed by atoms with E-state index in [0.717, 1.165) is 19.3 Å². The summed E-state index contributed by atoms with van der Waals surface area (Å²) in [6.07, 6.45) is 4.25. The molecule has 0 aliphatic carbocycles. The standard InChI is InChI=1S/C9H16O3/c1-3-5-6-7-8(10)9(11)12-4-2/h7,10H,3-6H2,1-2H3. The van der Waals surface area contributed by atoms with Gasteiger partial charge in [0, 0.05) is 0 Å². The summed E-state index contributed by atoms with van der Waals surface area (Å²) in [5, 5.41) is 9.06. The molecule has 0 aromatic carbocycles. The number of esters is 1. The number of aliphatic hydroxyl groups is 1. The molecule has 1 N–H and O–H groups in total. The second-order valence-electron chi connectivity index (χ2n) is 2.45. The van der Waals surface area contributed by atoms with Crippen molar-refractivity contribution in [2.24, 2.45) is 0 Å². The number of carbonyl (C=O) groups excluding carboxylic acids is 1. The van der Waals surface area contributed by atoms with E-state index in [2.05, 4.69) is 11.7 Å². The smallest absolute Gasteiger partial charge is 0.373 e. The fourth-order valence-electron chi connectivity index (χ4n) is 0.731. The van der Waals surface area contributed by atoms with Crippen LogP contribution in [0.2, 0.25) is 0 Å². The number of hydrogen-bond acceptors (Lipinski definition) is 3. The molecule has 0 aliphatic heterocycles. The van der Waals surface area contributed by atoms with Crippen molar-refractivity contribution in [3.05, 3.63) is 11.8 Å². The van der Waals surface area contributed by atoms with Crippen molar-refractivity contribution < 1.29 is 14.6 Å². The van der Waals surface area contributed by atoms with Gasteiger partial charge in [-0.25, -0.2) is 4.79 Å². The molecule has 0 atom stereocenters. The topological polar surface area (TPSA) is 46.5 Å². The number of aliphatic hydroxyl groups excluding tert-OH is 1. The van der Waals surface area contributed by atoms with E-state index in [4.69, 9.17) is 5.11 Å². The summed E-state index contributed by atoms with van der Waals surface area (Å²) < 4.78 is 4.58. The van der Waals surface area contributed by atoms with Crippen LogP contribution in [0.25, 0.3) is 0 Å². The summed E-state index contributed by atoms with van der Waals surface area (Å²) in [7, 11) is 0. The van der Waals surface area contributed by atoms with E-state index in [1.54, 1.807) is 6.92 Å². The molecule has 0 heterocycles. The Kier molecular flexibility index (Phi) is 6.15. The molecule has 0 radical (unpaired) electrons. The number of unbranched alkanes of at least 4 members (excludes halogenated alkanes) is 2. The molecular weight excluding hydrogens is 156 g/mol. The van der Waals surface area contributed by atoms with Gasteiger partial charge in [-0.15, -0.1) is 0 Å². The lowest BCUT2D eigenvalue weighted by atomic mass is 10.2. The maximum Gasteiger partial charge on any atom is 0.373 e. The van der Waals surface area contributed by atoms with Crippen LogP contribution in [0.5, 0.6) is 0 Å². The third kappa shape index (κ3) is 4.77. The van der Waals surface area contributed by atoms with Crippen LogP contribution in [0.4, 0.5) is 0 Å². The largest absolute Gasteiger partial charge is 0.502 e. The molecular formula is C9H16O3. The zero-order valence-electron chi connectivity index (χ0n) is 7.67. The van der Waals surface area contributed by atoms with Gasteiger partial charge in [-0.2, -0.15) is 0 Å². The summed E-state index contributed by atoms with van der Waals surface area (Å²) >= 11 is 0. The first-order valence-electron chi connectivity index (χ1n) is 4.28. The molecule has 70 valence electrons. The van der Waals surface area contributed by atoms with Crippen molar-refractivity contribution in [3.8, 4) is 0 Å². The lowest BCUT2D eigenvalue weighted by Crippen LogP contribution is -2.06. The van der Waals surface area contributed by atoms with Crippen molar-refractivity contribution >= 4 is 5.97 Å². The van der Waals surface area contributed by atoms with E-state index in [9.17, 15) is 4.79 Å². The molecule has 0 saturated heterocycles. The van der Waals surface area contributed by atoms with Gasteiger partial charge in [0.2, 0.25) is 0 Å². The first-order chi connectivity index (χ1) is 5.72. The van der Waals surface area contributed by atoms with Gasteiger partial charge in [-0.3, -0.25) is 0 Å². The first kappa shape index (κ1) is 11.0. The Bertz CT molecular complexity index is 161. The van der Waals surface area contributed by atoms with Crippen molar-refractivity contribution in [1.82, 2.24) is 0 Å². The summed E-state index contributed by atoms with van der Waals surface area (Å²) in [6.45, 7) is 4.05. The molecule has 0 unspecified atom stereocenters. The predicted octanol–water partition coefficient (Wildman–Crippen LogP) is 2.18. The Morgan fingerprint density at radius 2 is 2.17 bits per heavy atom. The molecule has 0 fully saturated rings. The van der Waals surface area contributed by atoms with Crippen LogP contribution in [0.15, 0.2) is 11.8 Å². The Hall–Kier alpha value is -0.990. The minimum Gasteiger partial charge on any atom is -0.502 e. The summed E-state index contributed by atoms with van der Waals surface area (Å²) in [5.74, 6) is -0.904. The van der Waals surface area contributed by atoms with E-state index in [-0.39, 0.29) is 5.76 Å². The lowest BCUT2D eigenvalue weighted by Gasteiger charge is -1.99. The summed E-state index contributed by atoms with van der Waals surface area (Å²) in [4.78, 5) is 10.8. The molecule has 0 amide bonds. The summed E-state index contributed by atoms with van der Waals surface area (Å²) in [6, 6.07) is 0. The Labute approximate surface area is 73.0 Å². The van der Waals surface area contributed by atoms with E-state index in [1.807, 2.05) is 0 Å². The zero-order valence-corrected chi connectivity index (χ0v) is 7.67. The van der Waals surface area contributed by atoms with Gasteiger partial charge >= 0.3 is 5.97 Å². The monoisotopic (exact) mass is 172 g/mol. The third-order valence-electron chi connectivity index (χ3n) is 1.38. The number of ether oxygens (including phenoxy) is 1. The van der Waals surface area contributed by atoms with Gasteiger partial charge in [-0.05, 0) is 25.8 Å². The molecule has 12 heavy (non-hydrogen) atoms. The second-order valence-corrected chi connectivity index (χ2v) is 2.45. The fraction of sp³-hybridized carbons (Fsp3) is 0.667. The average Bonchev–Trinajstić information content (AvgIpc) is 2.05. The molecule has 0 spiro atoms. The van der Waals surface area contributed by atoms with Crippen molar-refractivity contribution in [2.45, 2.75) is 33.1 Å². The number of rotatable bonds is 5. The molecule has 0 aromatic rings. The zero-order chi connectivity index (χ0) is 9.40. The molecule has 0 aliphatic rings. The summed E-state index contributed by atoms with van der Waals surface area (Å²) in [5.41, 5.74) is 0. The Morgan fingerprint density at radius 1 is 1.50 bits per heavy atom. The molecule has 0 aromatic heterocycles. The van der Waals surface area contributed by atoms with Gasteiger partial charge in [0.05, 0.1) is 6.61 Å². The van der Waals surface area contributed by atoms with Gasteiger partial charge < -0.3 is 9.84 Å².